The lowest BCUT2D eigenvalue weighted by molar-refractivity contribution is -0.133. The van der Waals surface area contributed by atoms with Gasteiger partial charge in [-0.2, -0.15) is 0 Å². The third-order valence-electron chi connectivity index (χ3n) is 4.04. The van der Waals surface area contributed by atoms with Gasteiger partial charge in [-0.3, -0.25) is 4.79 Å². The highest BCUT2D eigenvalue weighted by molar-refractivity contribution is 5.77. The molecule has 17 heavy (non-hydrogen) atoms. The molecule has 3 atom stereocenters. The van der Waals surface area contributed by atoms with Crippen molar-refractivity contribution in [1.82, 2.24) is 4.90 Å². The van der Waals surface area contributed by atoms with Gasteiger partial charge in [-0.15, -0.1) is 0 Å². The van der Waals surface area contributed by atoms with Gasteiger partial charge in [0.2, 0.25) is 5.91 Å². The molecule has 0 aromatic heterocycles. The Kier molecular flexibility index (Phi) is 3.48. The smallest absolute Gasteiger partial charge is 0.224 e. The second-order valence-corrected chi connectivity index (χ2v) is 7.11. The second kappa shape index (κ2) is 4.60. The van der Waals surface area contributed by atoms with Crippen molar-refractivity contribution < 1.29 is 4.79 Å². The Morgan fingerprint density at radius 2 is 2.12 bits per heavy atom. The molecular weight excluding hydrogens is 212 g/mol. The van der Waals surface area contributed by atoms with Crippen molar-refractivity contribution in [2.24, 2.45) is 17.1 Å². The van der Waals surface area contributed by atoms with Crippen LogP contribution in [0.2, 0.25) is 0 Å². The molecule has 2 bridgehead atoms. The number of piperidine rings is 1. The van der Waals surface area contributed by atoms with Gasteiger partial charge >= 0.3 is 0 Å². The summed E-state index contributed by atoms with van der Waals surface area (Å²) in [5.74, 6) is 1.07. The van der Waals surface area contributed by atoms with Crippen LogP contribution in [0.1, 0.15) is 52.9 Å². The molecule has 3 heteroatoms. The third kappa shape index (κ3) is 3.21. The summed E-state index contributed by atoms with van der Waals surface area (Å²) in [4.78, 5) is 14.3. The molecule has 1 aliphatic carbocycles. The minimum atomic E-state index is 0.0154. The Hall–Kier alpha value is -0.570. The van der Waals surface area contributed by atoms with Crippen LogP contribution in [-0.4, -0.2) is 29.4 Å². The number of hydrogen-bond donors (Lipinski definition) is 1. The largest absolute Gasteiger partial charge is 0.339 e. The normalized spacial score (nSPS) is 29.8. The fraction of sp³-hybridized carbons (Fsp3) is 0.929. The second-order valence-electron chi connectivity index (χ2n) is 7.11. The quantitative estimate of drug-likeness (QED) is 0.819. The van der Waals surface area contributed by atoms with Crippen LogP contribution < -0.4 is 5.73 Å². The highest BCUT2D eigenvalue weighted by Crippen LogP contribution is 2.37. The first-order valence-electron chi connectivity index (χ1n) is 6.90. The fourth-order valence-corrected chi connectivity index (χ4v) is 3.43. The summed E-state index contributed by atoms with van der Waals surface area (Å²) in [6.45, 7) is 7.52. The standard InChI is InChI=1S/C14H26N2O/c1-14(2,3)8-11(15)7-13(17)16-9-10-4-5-12(16)6-10/h10-12H,4-9,15H2,1-3H3. The molecule has 0 aromatic carbocycles. The first-order chi connectivity index (χ1) is 7.85. The van der Waals surface area contributed by atoms with E-state index in [9.17, 15) is 4.79 Å². The van der Waals surface area contributed by atoms with Crippen molar-refractivity contribution >= 4 is 5.91 Å². The zero-order valence-corrected chi connectivity index (χ0v) is 11.4. The summed E-state index contributed by atoms with van der Waals surface area (Å²) in [5, 5.41) is 0. The number of carbonyl (C=O) groups is 1. The predicted octanol–water partition coefficient (Wildman–Crippen LogP) is 2.15. The highest BCUT2D eigenvalue weighted by Gasteiger charge is 2.40. The van der Waals surface area contributed by atoms with E-state index in [0.29, 0.717) is 12.5 Å². The minimum Gasteiger partial charge on any atom is -0.339 e. The highest BCUT2D eigenvalue weighted by atomic mass is 16.2. The molecule has 1 aliphatic heterocycles. The van der Waals surface area contributed by atoms with Gasteiger partial charge in [0.25, 0.3) is 0 Å². The third-order valence-corrected chi connectivity index (χ3v) is 4.04. The van der Waals surface area contributed by atoms with Crippen molar-refractivity contribution in [2.45, 2.75) is 65.0 Å². The summed E-state index contributed by atoms with van der Waals surface area (Å²) < 4.78 is 0. The van der Waals surface area contributed by atoms with Crippen LogP contribution in [0.25, 0.3) is 0 Å². The average molecular weight is 238 g/mol. The Morgan fingerprint density at radius 1 is 1.41 bits per heavy atom. The first kappa shape index (κ1) is 12.9. The fourth-order valence-electron chi connectivity index (χ4n) is 3.43. The van der Waals surface area contributed by atoms with E-state index < -0.39 is 0 Å². The number of fused-ring (bicyclic) bond motifs is 2. The van der Waals surface area contributed by atoms with Crippen LogP contribution in [0.5, 0.6) is 0 Å². The van der Waals surface area contributed by atoms with Gasteiger partial charge in [0.1, 0.15) is 0 Å². The zero-order chi connectivity index (χ0) is 12.6. The van der Waals surface area contributed by atoms with Crippen LogP contribution in [0, 0.1) is 11.3 Å². The first-order valence-corrected chi connectivity index (χ1v) is 6.90. The van der Waals surface area contributed by atoms with Gasteiger partial charge in [0.15, 0.2) is 0 Å². The summed E-state index contributed by atoms with van der Waals surface area (Å²) >= 11 is 0. The number of amides is 1. The number of likely N-dealkylation sites (tertiary alicyclic amines) is 1. The van der Waals surface area contributed by atoms with E-state index in [1.807, 2.05) is 0 Å². The maximum atomic E-state index is 12.2. The molecule has 1 saturated heterocycles. The summed E-state index contributed by atoms with van der Waals surface area (Å²) in [5.41, 5.74) is 6.29. The van der Waals surface area contributed by atoms with E-state index in [0.717, 1.165) is 18.9 Å². The van der Waals surface area contributed by atoms with Crippen molar-refractivity contribution in [2.75, 3.05) is 6.54 Å². The molecule has 1 heterocycles. The van der Waals surface area contributed by atoms with E-state index in [-0.39, 0.29) is 17.4 Å². The van der Waals surface area contributed by atoms with E-state index in [1.54, 1.807) is 0 Å². The molecule has 3 unspecified atom stereocenters. The Morgan fingerprint density at radius 3 is 2.59 bits per heavy atom. The molecule has 1 saturated carbocycles. The number of hydrogen-bond acceptors (Lipinski definition) is 2. The monoisotopic (exact) mass is 238 g/mol. The van der Waals surface area contributed by atoms with Crippen molar-refractivity contribution in [3.8, 4) is 0 Å². The zero-order valence-electron chi connectivity index (χ0n) is 11.4. The minimum absolute atomic E-state index is 0.0154. The summed E-state index contributed by atoms with van der Waals surface area (Å²) in [7, 11) is 0. The lowest BCUT2D eigenvalue weighted by Gasteiger charge is -2.29. The molecule has 0 radical (unpaired) electrons. The number of nitrogens with two attached hydrogens (primary N) is 1. The SMILES string of the molecule is CC(C)(C)CC(N)CC(=O)N1CC2CCC1C2. The Labute approximate surface area is 105 Å². The van der Waals surface area contributed by atoms with Crippen molar-refractivity contribution in [3.05, 3.63) is 0 Å². The predicted molar refractivity (Wildman–Crippen MR) is 69.5 cm³/mol. The molecular formula is C14H26N2O. The summed E-state index contributed by atoms with van der Waals surface area (Å²) in [6.07, 6.45) is 5.22. The maximum absolute atomic E-state index is 12.2. The Balaban J connectivity index is 1.81. The Bertz CT molecular complexity index is 295. The molecule has 2 fully saturated rings. The van der Waals surface area contributed by atoms with Gasteiger partial charge in [-0.1, -0.05) is 20.8 Å². The molecule has 2 rings (SSSR count). The molecule has 2 N–H and O–H groups in total. The van der Waals surface area contributed by atoms with Crippen LogP contribution in [0.4, 0.5) is 0 Å². The maximum Gasteiger partial charge on any atom is 0.224 e. The summed E-state index contributed by atoms with van der Waals surface area (Å²) in [6, 6.07) is 0.552. The van der Waals surface area contributed by atoms with Gasteiger partial charge in [0, 0.05) is 25.0 Å². The van der Waals surface area contributed by atoms with Crippen molar-refractivity contribution in [3.63, 3.8) is 0 Å². The molecule has 3 nitrogen and oxygen atoms in total. The van der Waals surface area contributed by atoms with Crippen LogP contribution in [0.3, 0.4) is 0 Å². The lowest BCUT2D eigenvalue weighted by atomic mass is 9.87. The molecule has 0 aromatic rings. The van der Waals surface area contributed by atoms with Gasteiger partial charge in [-0.05, 0) is 37.0 Å². The molecule has 0 spiro atoms. The number of carbonyl (C=O) groups excluding carboxylic acids is 1. The lowest BCUT2D eigenvalue weighted by Crippen LogP contribution is -2.41. The van der Waals surface area contributed by atoms with Crippen LogP contribution in [-0.2, 0) is 4.79 Å². The molecule has 2 aliphatic rings. The van der Waals surface area contributed by atoms with Crippen LogP contribution >= 0.6 is 0 Å². The van der Waals surface area contributed by atoms with Crippen LogP contribution in [0.15, 0.2) is 0 Å². The van der Waals surface area contributed by atoms with Gasteiger partial charge < -0.3 is 10.6 Å². The van der Waals surface area contributed by atoms with E-state index >= 15 is 0 Å². The molecule has 98 valence electrons. The topological polar surface area (TPSA) is 46.3 Å². The number of rotatable bonds is 3. The van der Waals surface area contributed by atoms with Gasteiger partial charge in [-0.25, -0.2) is 0 Å². The van der Waals surface area contributed by atoms with Crippen molar-refractivity contribution in [1.29, 1.82) is 0 Å². The van der Waals surface area contributed by atoms with E-state index in [2.05, 4.69) is 25.7 Å². The average Bonchev–Trinajstić information content (AvgIpc) is 2.74. The molecule has 1 amide bonds. The van der Waals surface area contributed by atoms with E-state index in [1.165, 1.54) is 19.3 Å². The number of nitrogens with zero attached hydrogens (tertiary/aromatic N) is 1. The van der Waals surface area contributed by atoms with Gasteiger partial charge in [0.05, 0.1) is 0 Å². The van der Waals surface area contributed by atoms with E-state index in [4.69, 9.17) is 5.73 Å².